The molecule has 3 rings (SSSR count). The van der Waals surface area contributed by atoms with Gasteiger partial charge in [0.15, 0.2) is 11.5 Å². The van der Waals surface area contributed by atoms with Crippen molar-refractivity contribution in [1.29, 1.82) is 0 Å². The highest BCUT2D eigenvalue weighted by Crippen LogP contribution is 2.37. The van der Waals surface area contributed by atoms with Crippen molar-refractivity contribution in [2.45, 2.75) is 31.5 Å². The summed E-state index contributed by atoms with van der Waals surface area (Å²) in [5, 5.41) is 9.90. The summed E-state index contributed by atoms with van der Waals surface area (Å²) in [4.78, 5) is 12.0. The van der Waals surface area contributed by atoms with E-state index < -0.39 is 12.0 Å². The number of benzene rings is 1. The van der Waals surface area contributed by atoms with Crippen LogP contribution in [-0.4, -0.2) is 23.3 Å². The summed E-state index contributed by atoms with van der Waals surface area (Å²) >= 11 is 0. The largest absolute Gasteiger partial charge is 0.486 e. The third kappa shape index (κ3) is 1.78. The number of hydrogen-bond acceptors (Lipinski definition) is 4. The minimum absolute atomic E-state index is 0.269. The van der Waals surface area contributed by atoms with E-state index in [9.17, 15) is 9.90 Å². The Morgan fingerprint density at radius 2 is 1.94 bits per heavy atom. The lowest BCUT2D eigenvalue weighted by molar-refractivity contribution is -0.148. The monoisotopic (exact) mass is 234 g/mol. The van der Waals surface area contributed by atoms with Crippen molar-refractivity contribution >= 4 is 5.97 Å². The van der Waals surface area contributed by atoms with Crippen LogP contribution in [0.1, 0.15) is 19.3 Å². The highest BCUT2D eigenvalue weighted by molar-refractivity contribution is 5.78. The van der Waals surface area contributed by atoms with Crippen LogP contribution >= 0.6 is 0 Å². The molecule has 1 aromatic rings. The number of para-hydroxylation sites is 2. The molecule has 4 heteroatoms. The van der Waals surface area contributed by atoms with Gasteiger partial charge >= 0.3 is 5.97 Å². The first-order valence-electron chi connectivity index (χ1n) is 5.91. The smallest absolute Gasteiger partial charge is 0.320 e. The molecule has 0 radical (unpaired) electrons. The van der Waals surface area contributed by atoms with E-state index >= 15 is 0 Å². The number of ether oxygens (including phenoxy) is 2. The van der Waals surface area contributed by atoms with Crippen molar-refractivity contribution in [1.82, 2.24) is 0 Å². The zero-order valence-electron chi connectivity index (χ0n) is 9.33. The van der Waals surface area contributed by atoms with Gasteiger partial charge < -0.3 is 14.6 Å². The van der Waals surface area contributed by atoms with E-state index in [0.29, 0.717) is 17.9 Å². The number of carbonyl (C=O) groups is 1. The van der Waals surface area contributed by atoms with Gasteiger partial charge in [-0.05, 0) is 31.4 Å². The average molecular weight is 234 g/mol. The third-order valence-electron chi connectivity index (χ3n) is 3.41. The Balaban J connectivity index is 1.98. The first-order valence-corrected chi connectivity index (χ1v) is 5.91. The number of hydrogen-bond donors (Lipinski definition) is 1. The maximum absolute atomic E-state index is 12.0. The molecule has 4 nitrogen and oxygen atoms in total. The Bertz CT molecular complexity index is 443. The quantitative estimate of drug-likeness (QED) is 0.546. The Hall–Kier alpha value is -1.55. The summed E-state index contributed by atoms with van der Waals surface area (Å²) in [7, 11) is 0. The van der Waals surface area contributed by atoms with Crippen LogP contribution in [0.5, 0.6) is 11.5 Å². The zero-order valence-corrected chi connectivity index (χ0v) is 9.33. The number of fused-ring (bicyclic) bond motifs is 2. The molecule has 0 unspecified atom stereocenters. The van der Waals surface area contributed by atoms with Crippen LogP contribution in [0.3, 0.4) is 0 Å². The topological polar surface area (TPSA) is 55.8 Å². The number of aliphatic hydroxyl groups is 1. The average Bonchev–Trinajstić information content (AvgIpc) is 2.45. The first-order chi connectivity index (χ1) is 8.25. The van der Waals surface area contributed by atoms with E-state index in [2.05, 4.69) is 0 Å². The molecule has 1 aliphatic heterocycles. The molecule has 1 fully saturated rings. The van der Waals surface area contributed by atoms with E-state index in [-0.39, 0.29) is 12.1 Å². The fourth-order valence-corrected chi connectivity index (χ4v) is 2.55. The molecule has 1 aliphatic carbocycles. The Kier molecular flexibility index (Phi) is 2.52. The number of aliphatic hydroxyl groups excluding tert-OH is 1. The molecule has 1 saturated carbocycles. The van der Waals surface area contributed by atoms with Crippen LogP contribution in [0, 0.1) is 5.92 Å². The summed E-state index contributed by atoms with van der Waals surface area (Å²) in [5.41, 5.74) is 0. The van der Waals surface area contributed by atoms with Crippen molar-refractivity contribution in [2.24, 2.45) is 5.92 Å². The second-order valence-corrected chi connectivity index (χ2v) is 4.55. The molecule has 0 bridgehead atoms. The standard InChI is InChI=1S/C13H14O4/c14-8-4-3-7-11-12(8)13(15)17-10-6-2-1-5-9(10)16-11/h1-2,5-6,8,11-12,14H,3-4,7H2/t8-,11+,12-/m1/s1. The zero-order chi connectivity index (χ0) is 11.8. The molecular weight excluding hydrogens is 220 g/mol. The molecule has 2 aliphatic rings. The summed E-state index contributed by atoms with van der Waals surface area (Å²) in [6.07, 6.45) is 1.37. The normalized spacial score (nSPS) is 31.6. The summed E-state index contributed by atoms with van der Waals surface area (Å²) < 4.78 is 11.1. The van der Waals surface area contributed by atoms with Crippen LogP contribution in [0.15, 0.2) is 24.3 Å². The lowest BCUT2D eigenvalue weighted by atomic mass is 9.84. The SMILES string of the molecule is O=C1Oc2ccccc2O[C@H]2CCC[C@@H](O)[C@@H]12. The second kappa shape index (κ2) is 4.04. The fraction of sp³-hybridized carbons (Fsp3) is 0.462. The highest BCUT2D eigenvalue weighted by Gasteiger charge is 2.42. The van der Waals surface area contributed by atoms with Crippen LogP contribution in [0.25, 0.3) is 0 Å². The molecule has 17 heavy (non-hydrogen) atoms. The minimum atomic E-state index is -0.657. The van der Waals surface area contributed by atoms with E-state index in [1.807, 2.05) is 6.07 Å². The summed E-state index contributed by atoms with van der Waals surface area (Å²) in [5.74, 6) is 0.0878. The van der Waals surface area contributed by atoms with Crippen LogP contribution in [0.2, 0.25) is 0 Å². The van der Waals surface area contributed by atoms with E-state index in [4.69, 9.17) is 9.47 Å². The van der Waals surface area contributed by atoms with Crippen molar-refractivity contribution in [3.05, 3.63) is 24.3 Å². The van der Waals surface area contributed by atoms with Gasteiger partial charge in [-0.15, -0.1) is 0 Å². The van der Waals surface area contributed by atoms with Gasteiger partial charge in [0.1, 0.15) is 12.0 Å². The van der Waals surface area contributed by atoms with Gasteiger partial charge in [-0.2, -0.15) is 0 Å². The molecular formula is C13H14O4. The molecule has 0 amide bonds. The molecule has 1 heterocycles. The minimum Gasteiger partial charge on any atom is -0.486 e. The Morgan fingerprint density at radius 3 is 2.76 bits per heavy atom. The fourth-order valence-electron chi connectivity index (χ4n) is 2.55. The van der Waals surface area contributed by atoms with Gasteiger partial charge in [-0.3, -0.25) is 4.79 Å². The second-order valence-electron chi connectivity index (χ2n) is 4.55. The molecule has 3 atom stereocenters. The van der Waals surface area contributed by atoms with Crippen molar-refractivity contribution in [3.63, 3.8) is 0 Å². The van der Waals surface area contributed by atoms with Crippen LogP contribution in [0.4, 0.5) is 0 Å². The summed E-state index contributed by atoms with van der Waals surface area (Å²) in [6.45, 7) is 0. The van der Waals surface area contributed by atoms with E-state index in [1.54, 1.807) is 18.2 Å². The van der Waals surface area contributed by atoms with Crippen LogP contribution in [-0.2, 0) is 4.79 Å². The predicted octanol–water partition coefficient (Wildman–Crippen LogP) is 1.51. The lowest BCUT2D eigenvalue weighted by Crippen LogP contribution is -2.44. The third-order valence-corrected chi connectivity index (χ3v) is 3.41. The van der Waals surface area contributed by atoms with Gasteiger partial charge in [0, 0.05) is 0 Å². The maximum Gasteiger partial charge on any atom is 0.320 e. The first kappa shape index (κ1) is 10.6. The van der Waals surface area contributed by atoms with Gasteiger partial charge in [-0.25, -0.2) is 0 Å². The summed E-state index contributed by atoms with van der Waals surface area (Å²) in [6, 6.07) is 7.12. The van der Waals surface area contributed by atoms with Gasteiger partial charge in [-0.1, -0.05) is 12.1 Å². The van der Waals surface area contributed by atoms with Gasteiger partial charge in [0.05, 0.1) is 6.10 Å². The molecule has 90 valence electrons. The van der Waals surface area contributed by atoms with Crippen molar-refractivity contribution in [3.8, 4) is 11.5 Å². The predicted molar refractivity (Wildman–Crippen MR) is 59.8 cm³/mol. The molecule has 1 aromatic carbocycles. The molecule has 1 N–H and O–H groups in total. The molecule has 0 saturated heterocycles. The number of esters is 1. The lowest BCUT2D eigenvalue weighted by Gasteiger charge is -2.31. The van der Waals surface area contributed by atoms with E-state index in [0.717, 1.165) is 12.8 Å². The number of rotatable bonds is 0. The van der Waals surface area contributed by atoms with Crippen LogP contribution < -0.4 is 9.47 Å². The maximum atomic E-state index is 12.0. The van der Waals surface area contributed by atoms with E-state index in [1.165, 1.54) is 0 Å². The molecule has 0 aromatic heterocycles. The highest BCUT2D eigenvalue weighted by atomic mass is 16.6. The van der Waals surface area contributed by atoms with Gasteiger partial charge in [0.25, 0.3) is 0 Å². The number of carbonyl (C=O) groups excluding carboxylic acids is 1. The molecule has 0 spiro atoms. The Labute approximate surface area is 99.2 Å². The van der Waals surface area contributed by atoms with Crippen molar-refractivity contribution < 1.29 is 19.4 Å². The van der Waals surface area contributed by atoms with Gasteiger partial charge in [0.2, 0.25) is 0 Å². The van der Waals surface area contributed by atoms with Crippen molar-refractivity contribution in [2.75, 3.05) is 0 Å². The Morgan fingerprint density at radius 1 is 1.18 bits per heavy atom.